The average molecular weight is 161 g/mol. The van der Waals surface area contributed by atoms with Gasteiger partial charge in [0.2, 0.25) is 0 Å². The molecule has 4 N–H and O–H groups in total. The molecule has 0 saturated heterocycles. The van der Waals surface area contributed by atoms with Crippen LogP contribution in [0.5, 0.6) is 0 Å². The van der Waals surface area contributed by atoms with Crippen LogP contribution in [0.1, 0.15) is 0 Å². The Kier molecular flexibility index (Phi) is 1.64. The van der Waals surface area contributed by atoms with Crippen molar-refractivity contribution in [3.63, 3.8) is 0 Å². The van der Waals surface area contributed by atoms with Gasteiger partial charge in [-0.05, 0) is 12.2 Å². The number of rotatable bonds is 1. The van der Waals surface area contributed by atoms with Crippen LogP contribution in [0.15, 0.2) is 23.4 Å². The predicted molar refractivity (Wildman–Crippen MR) is 36.5 cm³/mol. The van der Waals surface area contributed by atoms with Crippen molar-refractivity contribution in [2.75, 3.05) is 0 Å². The van der Waals surface area contributed by atoms with Crippen LogP contribution in [0.4, 0.5) is 0 Å². The summed E-state index contributed by atoms with van der Waals surface area (Å²) in [5.41, 5.74) is 2.25. The van der Waals surface area contributed by atoms with Crippen LogP contribution in [-0.4, -0.2) is 4.21 Å². The lowest BCUT2D eigenvalue weighted by Crippen LogP contribution is -2.25. The molecule has 0 aromatic heterocycles. The molecule has 1 atom stereocenters. The normalized spacial score (nSPS) is 21.9. The van der Waals surface area contributed by atoms with E-state index < -0.39 is 9.92 Å². The standard InChI is InChI=1S/C4H7N3O2S/c5-10(6,8)4-2-1-3-9-7-4/h1-3,7H,(H3,5,6,8). The molecule has 1 unspecified atom stereocenters. The first kappa shape index (κ1) is 7.10. The van der Waals surface area contributed by atoms with Crippen LogP contribution in [0.2, 0.25) is 0 Å². The van der Waals surface area contributed by atoms with Gasteiger partial charge >= 0.3 is 0 Å². The van der Waals surface area contributed by atoms with E-state index in [4.69, 9.17) is 9.92 Å². The highest BCUT2D eigenvalue weighted by Gasteiger charge is 2.07. The zero-order valence-electron chi connectivity index (χ0n) is 5.03. The average Bonchev–Trinajstić information content (AvgIpc) is 1.88. The van der Waals surface area contributed by atoms with Gasteiger partial charge in [0, 0.05) is 0 Å². The third kappa shape index (κ3) is 1.49. The van der Waals surface area contributed by atoms with Crippen molar-refractivity contribution in [2.45, 2.75) is 0 Å². The first-order valence-corrected chi connectivity index (χ1v) is 4.08. The van der Waals surface area contributed by atoms with Crippen LogP contribution < -0.4 is 10.6 Å². The summed E-state index contributed by atoms with van der Waals surface area (Å²) in [7, 11) is -3.15. The highest BCUT2D eigenvalue weighted by atomic mass is 32.2. The Labute approximate surface area is 58.6 Å². The zero-order valence-corrected chi connectivity index (χ0v) is 5.85. The van der Waals surface area contributed by atoms with Gasteiger partial charge < -0.3 is 4.84 Å². The van der Waals surface area contributed by atoms with Crippen molar-refractivity contribution in [3.8, 4) is 0 Å². The largest absolute Gasteiger partial charge is 0.389 e. The molecule has 56 valence electrons. The molecule has 6 heteroatoms. The van der Waals surface area contributed by atoms with Gasteiger partial charge in [0.25, 0.3) is 0 Å². The molecule has 1 aliphatic heterocycles. The third-order valence-electron chi connectivity index (χ3n) is 0.880. The highest BCUT2D eigenvalue weighted by molar-refractivity contribution is 7.94. The van der Waals surface area contributed by atoms with Gasteiger partial charge in [0.05, 0.1) is 0 Å². The Morgan fingerprint density at radius 3 is 2.80 bits per heavy atom. The summed E-state index contributed by atoms with van der Waals surface area (Å²) < 4.78 is 17.6. The molecular formula is C4H7N3O2S. The second-order valence-corrected chi connectivity index (χ2v) is 3.32. The minimum atomic E-state index is -3.15. The molecule has 5 nitrogen and oxygen atoms in total. The number of hydrogen-bond donors (Lipinski definition) is 3. The molecule has 0 aromatic rings. The maximum absolute atomic E-state index is 10.7. The SMILES string of the molecule is N=S(N)(=O)C1=CC=CON1. The Balaban J connectivity index is 2.93. The maximum Gasteiger partial charge on any atom is 0.158 e. The predicted octanol–water partition coefficient (Wildman–Crippen LogP) is -0.203. The Hall–Kier alpha value is -1.01. The fraction of sp³-hybridized carbons (Fsp3) is 0. The smallest absolute Gasteiger partial charge is 0.158 e. The summed E-state index contributed by atoms with van der Waals surface area (Å²) in [4.78, 5) is 4.53. The van der Waals surface area contributed by atoms with E-state index in [0.29, 0.717) is 0 Å². The maximum atomic E-state index is 10.7. The summed E-state index contributed by atoms with van der Waals surface area (Å²) in [6, 6.07) is 0. The van der Waals surface area contributed by atoms with E-state index in [1.54, 1.807) is 0 Å². The fourth-order valence-corrected chi connectivity index (χ4v) is 0.908. The molecule has 1 heterocycles. The number of nitrogens with two attached hydrogens (primary N) is 1. The van der Waals surface area contributed by atoms with Gasteiger partial charge in [0.15, 0.2) is 14.9 Å². The van der Waals surface area contributed by atoms with Gasteiger partial charge in [-0.2, -0.15) is 0 Å². The molecule has 1 rings (SSSR count). The van der Waals surface area contributed by atoms with Gasteiger partial charge in [-0.15, -0.1) is 0 Å². The molecule has 0 amide bonds. The lowest BCUT2D eigenvalue weighted by atomic mass is 10.6. The number of hydroxylamine groups is 1. The first-order chi connectivity index (χ1) is 4.61. The van der Waals surface area contributed by atoms with Crippen LogP contribution in [0.25, 0.3) is 0 Å². The van der Waals surface area contributed by atoms with Crippen LogP contribution >= 0.6 is 0 Å². The molecule has 0 aliphatic carbocycles. The Bertz CT molecular complexity index is 277. The summed E-state index contributed by atoms with van der Waals surface area (Å²) in [6.07, 6.45) is 4.29. The van der Waals surface area contributed by atoms with Gasteiger partial charge in [0.1, 0.15) is 6.26 Å². The molecule has 0 bridgehead atoms. The molecule has 0 fully saturated rings. The molecule has 10 heavy (non-hydrogen) atoms. The number of nitrogens with one attached hydrogen (secondary N) is 2. The topological polar surface area (TPSA) is 88.2 Å². The summed E-state index contributed by atoms with van der Waals surface area (Å²) in [5, 5.41) is 5.04. The molecule has 0 aromatic carbocycles. The highest BCUT2D eigenvalue weighted by Crippen LogP contribution is 2.01. The van der Waals surface area contributed by atoms with Crippen LogP contribution in [0.3, 0.4) is 0 Å². The Morgan fingerprint density at radius 2 is 2.50 bits per heavy atom. The van der Waals surface area contributed by atoms with Crippen molar-refractivity contribution in [3.05, 3.63) is 23.4 Å². The minimum Gasteiger partial charge on any atom is -0.389 e. The van der Waals surface area contributed by atoms with E-state index in [2.05, 4.69) is 10.3 Å². The van der Waals surface area contributed by atoms with E-state index in [1.165, 1.54) is 18.4 Å². The lowest BCUT2D eigenvalue weighted by Gasteiger charge is -2.10. The minimum absolute atomic E-state index is 0.0787. The van der Waals surface area contributed by atoms with E-state index in [1.807, 2.05) is 0 Å². The fourth-order valence-electron chi connectivity index (χ4n) is 0.455. The number of hydrogen-bond acceptors (Lipinski definition) is 4. The van der Waals surface area contributed by atoms with Crippen molar-refractivity contribution < 1.29 is 9.05 Å². The van der Waals surface area contributed by atoms with Crippen molar-refractivity contribution >= 4 is 9.92 Å². The molecule has 1 aliphatic rings. The van der Waals surface area contributed by atoms with Crippen LogP contribution in [0, 0.1) is 4.78 Å². The van der Waals surface area contributed by atoms with Crippen molar-refractivity contribution in [1.29, 1.82) is 4.78 Å². The molecule has 0 saturated carbocycles. The van der Waals surface area contributed by atoms with E-state index in [-0.39, 0.29) is 5.03 Å². The summed E-state index contributed by atoms with van der Waals surface area (Å²) in [6.45, 7) is 0. The first-order valence-electron chi connectivity index (χ1n) is 2.46. The van der Waals surface area contributed by atoms with E-state index in [9.17, 15) is 4.21 Å². The van der Waals surface area contributed by atoms with E-state index >= 15 is 0 Å². The Morgan fingerprint density at radius 1 is 1.80 bits per heavy atom. The number of allylic oxidation sites excluding steroid dienone is 2. The quantitative estimate of drug-likeness (QED) is 0.497. The van der Waals surface area contributed by atoms with E-state index in [0.717, 1.165) is 0 Å². The van der Waals surface area contributed by atoms with Gasteiger partial charge in [-0.25, -0.2) is 19.6 Å². The monoisotopic (exact) mass is 161 g/mol. The lowest BCUT2D eigenvalue weighted by molar-refractivity contribution is 0.167. The molecular weight excluding hydrogens is 154 g/mol. The van der Waals surface area contributed by atoms with Crippen LogP contribution in [-0.2, 0) is 14.8 Å². The molecule has 0 spiro atoms. The zero-order chi connectivity index (χ0) is 7.61. The van der Waals surface area contributed by atoms with Crippen molar-refractivity contribution in [2.24, 2.45) is 5.14 Å². The van der Waals surface area contributed by atoms with Gasteiger partial charge in [-0.3, -0.25) is 0 Å². The third-order valence-corrected chi connectivity index (χ3v) is 1.75. The van der Waals surface area contributed by atoms with Gasteiger partial charge in [-0.1, -0.05) is 0 Å². The summed E-state index contributed by atoms with van der Waals surface area (Å²) >= 11 is 0. The summed E-state index contributed by atoms with van der Waals surface area (Å²) in [5.74, 6) is 0. The second-order valence-electron chi connectivity index (χ2n) is 1.68. The van der Waals surface area contributed by atoms with Crippen molar-refractivity contribution in [1.82, 2.24) is 5.48 Å². The second kappa shape index (κ2) is 2.31. The molecule has 0 radical (unpaired) electrons.